The molecule has 3 atom stereocenters. The summed E-state index contributed by atoms with van der Waals surface area (Å²) in [7, 11) is 0. The second-order valence-electron chi connectivity index (χ2n) is 5.10. The molecule has 0 spiro atoms. The molecule has 0 saturated heterocycles. The van der Waals surface area contributed by atoms with Gasteiger partial charge in [-0.05, 0) is 37.2 Å². The van der Waals surface area contributed by atoms with Gasteiger partial charge in [-0.3, -0.25) is 0 Å². The fourth-order valence-corrected chi connectivity index (χ4v) is 2.55. The van der Waals surface area contributed by atoms with Crippen molar-refractivity contribution in [3.8, 4) is 11.9 Å². The number of halogens is 1. The maximum atomic E-state index is 8.91. The summed E-state index contributed by atoms with van der Waals surface area (Å²) in [6.45, 7) is 4.53. The van der Waals surface area contributed by atoms with Crippen LogP contribution in [0.2, 0.25) is 5.02 Å². The zero-order valence-electron chi connectivity index (χ0n) is 10.7. The number of nitriles is 1. The molecule has 1 aliphatic carbocycles. The lowest BCUT2D eigenvalue weighted by Crippen LogP contribution is -2.29. The van der Waals surface area contributed by atoms with Gasteiger partial charge >= 0.3 is 0 Å². The third-order valence-corrected chi connectivity index (χ3v) is 4.17. The number of nitrogens with zero attached hydrogens (tertiary/aromatic N) is 2. The highest BCUT2D eigenvalue weighted by molar-refractivity contribution is 6.32. The van der Waals surface area contributed by atoms with E-state index in [9.17, 15) is 0 Å². The highest BCUT2D eigenvalue weighted by Gasteiger charge is 2.26. The lowest BCUT2D eigenvalue weighted by molar-refractivity contribution is 0.0965. The van der Waals surface area contributed by atoms with E-state index in [4.69, 9.17) is 21.6 Å². The molecule has 96 valence electrons. The first-order chi connectivity index (χ1) is 8.61. The molecule has 1 aromatic rings. The molecule has 4 heteroatoms. The minimum absolute atomic E-state index is 0.162. The van der Waals surface area contributed by atoms with Gasteiger partial charge in [0, 0.05) is 6.20 Å². The van der Waals surface area contributed by atoms with E-state index in [-0.39, 0.29) is 6.10 Å². The molecular weight excluding hydrogens is 248 g/mol. The predicted molar refractivity (Wildman–Crippen MR) is 70.6 cm³/mol. The highest BCUT2D eigenvalue weighted by Crippen LogP contribution is 2.33. The molecule has 0 N–H and O–H groups in total. The molecule has 0 radical (unpaired) electrons. The summed E-state index contributed by atoms with van der Waals surface area (Å²) >= 11 is 6.08. The van der Waals surface area contributed by atoms with Crippen molar-refractivity contribution < 1.29 is 4.74 Å². The van der Waals surface area contributed by atoms with E-state index in [2.05, 4.69) is 18.8 Å². The van der Waals surface area contributed by atoms with E-state index >= 15 is 0 Å². The number of hydrogen-bond donors (Lipinski definition) is 0. The Bertz CT molecular complexity index is 469. The lowest BCUT2D eigenvalue weighted by atomic mass is 9.80. The summed E-state index contributed by atoms with van der Waals surface area (Å²) in [5, 5.41) is 9.23. The van der Waals surface area contributed by atoms with Crippen LogP contribution in [0.5, 0.6) is 5.88 Å². The Morgan fingerprint density at radius 1 is 1.39 bits per heavy atom. The minimum Gasteiger partial charge on any atom is -0.473 e. The van der Waals surface area contributed by atoms with Crippen molar-refractivity contribution >= 4 is 11.6 Å². The van der Waals surface area contributed by atoms with Crippen LogP contribution in [0.4, 0.5) is 0 Å². The fourth-order valence-electron chi connectivity index (χ4n) is 2.36. The number of ether oxygens (including phenoxy) is 1. The van der Waals surface area contributed by atoms with Crippen LogP contribution >= 0.6 is 11.6 Å². The smallest absolute Gasteiger partial charge is 0.234 e. The summed E-state index contributed by atoms with van der Waals surface area (Å²) in [6.07, 6.45) is 4.95. The van der Waals surface area contributed by atoms with Gasteiger partial charge in [0.1, 0.15) is 17.2 Å². The first kappa shape index (κ1) is 13.2. The molecule has 1 heterocycles. The first-order valence-electron chi connectivity index (χ1n) is 6.33. The Balaban J connectivity index is 2.09. The van der Waals surface area contributed by atoms with E-state index in [0.29, 0.717) is 22.4 Å². The standard InChI is InChI=1S/C14H17ClN2O/c1-9-3-4-12(7-10(9)2)18-14-13(15)11(8-16)5-6-17-14/h5-6,9-10,12H,3-4,7H2,1-2H3. The second-order valence-corrected chi connectivity index (χ2v) is 5.47. The summed E-state index contributed by atoms with van der Waals surface area (Å²) < 4.78 is 5.85. The van der Waals surface area contributed by atoms with Gasteiger partial charge in [0.05, 0.1) is 5.56 Å². The Labute approximate surface area is 113 Å². The topological polar surface area (TPSA) is 45.9 Å². The molecule has 18 heavy (non-hydrogen) atoms. The third kappa shape index (κ3) is 2.76. The maximum absolute atomic E-state index is 8.91. The maximum Gasteiger partial charge on any atom is 0.234 e. The molecule has 3 nitrogen and oxygen atoms in total. The Morgan fingerprint density at radius 3 is 2.83 bits per heavy atom. The molecule has 0 amide bonds. The monoisotopic (exact) mass is 264 g/mol. The van der Waals surface area contributed by atoms with Crippen LogP contribution in [0.15, 0.2) is 12.3 Å². The van der Waals surface area contributed by atoms with E-state index < -0.39 is 0 Å². The van der Waals surface area contributed by atoms with Crippen LogP contribution < -0.4 is 4.74 Å². The molecule has 0 aliphatic heterocycles. The molecule has 2 rings (SSSR count). The Morgan fingerprint density at radius 2 is 2.17 bits per heavy atom. The van der Waals surface area contributed by atoms with Gasteiger partial charge in [-0.15, -0.1) is 0 Å². The number of aromatic nitrogens is 1. The zero-order valence-corrected chi connectivity index (χ0v) is 11.4. The molecule has 3 unspecified atom stereocenters. The highest BCUT2D eigenvalue weighted by atomic mass is 35.5. The van der Waals surface area contributed by atoms with Gasteiger partial charge < -0.3 is 4.74 Å². The van der Waals surface area contributed by atoms with E-state index in [1.54, 1.807) is 12.3 Å². The molecule has 1 aromatic heterocycles. The normalized spacial score (nSPS) is 27.6. The van der Waals surface area contributed by atoms with Crippen molar-refractivity contribution in [2.45, 2.75) is 39.2 Å². The molecule has 0 aromatic carbocycles. The molecule has 1 aliphatic rings. The van der Waals surface area contributed by atoms with E-state index in [1.807, 2.05) is 6.07 Å². The summed E-state index contributed by atoms with van der Waals surface area (Å²) in [5.41, 5.74) is 0.416. The van der Waals surface area contributed by atoms with Gasteiger partial charge in [-0.2, -0.15) is 5.26 Å². The van der Waals surface area contributed by atoms with E-state index in [0.717, 1.165) is 18.8 Å². The quantitative estimate of drug-likeness (QED) is 0.816. The predicted octanol–water partition coefficient (Wildman–Crippen LogP) is 3.81. The van der Waals surface area contributed by atoms with Crippen LogP contribution in [0.3, 0.4) is 0 Å². The van der Waals surface area contributed by atoms with Crippen molar-refractivity contribution in [3.05, 3.63) is 22.8 Å². The summed E-state index contributed by atoms with van der Waals surface area (Å²) in [6, 6.07) is 3.63. The van der Waals surface area contributed by atoms with Crippen molar-refractivity contribution in [3.63, 3.8) is 0 Å². The molecule has 0 bridgehead atoms. The second kappa shape index (κ2) is 5.58. The van der Waals surface area contributed by atoms with Gasteiger partial charge in [-0.1, -0.05) is 25.4 Å². The Hall–Kier alpha value is -1.27. The van der Waals surface area contributed by atoms with Crippen molar-refractivity contribution in [2.75, 3.05) is 0 Å². The van der Waals surface area contributed by atoms with Gasteiger partial charge in [-0.25, -0.2) is 4.98 Å². The van der Waals surface area contributed by atoms with Crippen LogP contribution in [-0.4, -0.2) is 11.1 Å². The fraction of sp³-hybridized carbons (Fsp3) is 0.571. The van der Waals surface area contributed by atoms with Crippen LogP contribution in [0.25, 0.3) is 0 Å². The number of hydrogen-bond acceptors (Lipinski definition) is 3. The summed E-state index contributed by atoms with van der Waals surface area (Å²) in [4.78, 5) is 4.12. The van der Waals surface area contributed by atoms with Crippen LogP contribution in [0, 0.1) is 23.2 Å². The Kier molecular flexibility index (Phi) is 4.08. The summed E-state index contributed by atoms with van der Waals surface area (Å²) in [5.74, 6) is 1.79. The molecule has 1 saturated carbocycles. The molecule has 1 fully saturated rings. The third-order valence-electron chi connectivity index (χ3n) is 3.81. The van der Waals surface area contributed by atoms with Crippen LogP contribution in [0.1, 0.15) is 38.7 Å². The molecular formula is C14H17ClN2O. The van der Waals surface area contributed by atoms with Crippen LogP contribution in [-0.2, 0) is 0 Å². The van der Waals surface area contributed by atoms with Gasteiger partial charge in [0.2, 0.25) is 5.88 Å². The minimum atomic E-state index is 0.162. The van der Waals surface area contributed by atoms with Crippen molar-refractivity contribution in [1.29, 1.82) is 5.26 Å². The SMILES string of the molecule is CC1CCC(Oc2nccc(C#N)c2Cl)CC1C. The number of pyridine rings is 1. The van der Waals surface area contributed by atoms with Gasteiger partial charge in [0.25, 0.3) is 0 Å². The zero-order chi connectivity index (χ0) is 13.1. The first-order valence-corrected chi connectivity index (χ1v) is 6.71. The van der Waals surface area contributed by atoms with Crippen molar-refractivity contribution in [1.82, 2.24) is 4.98 Å². The average Bonchev–Trinajstić information content (AvgIpc) is 2.36. The van der Waals surface area contributed by atoms with E-state index in [1.165, 1.54) is 6.42 Å². The largest absolute Gasteiger partial charge is 0.473 e. The lowest BCUT2D eigenvalue weighted by Gasteiger charge is -2.32. The average molecular weight is 265 g/mol. The van der Waals surface area contributed by atoms with Crippen molar-refractivity contribution in [2.24, 2.45) is 11.8 Å². The van der Waals surface area contributed by atoms with Gasteiger partial charge in [0.15, 0.2) is 0 Å². The number of rotatable bonds is 2.